The lowest BCUT2D eigenvalue weighted by atomic mass is 9.93. The summed E-state index contributed by atoms with van der Waals surface area (Å²) in [5.41, 5.74) is 2.78. The Morgan fingerprint density at radius 2 is 1.59 bits per heavy atom. The van der Waals surface area contributed by atoms with Crippen LogP contribution in [0.2, 0.25) is 0 Å². The molecule has 2 aromatic heterocycles. The standard InChI is InChI=1S/C25H28N2O2/c1-25(2,19-11-5-3-6-12-19)27-17-15-22-23(24(27)29)20-13-7-8-14-21(20)26(22)16-9-4-10-18-28/h3,5-8,11-15,17,28H,4,9-10,16,18H2,1-2H3. The number of pyridine rings is 1. The van der Waals surface area contributed by atoms with Crippen molar-refractivity contribution in [2.24, 2.45) is 0 Å². The van der Waals surface area contributed by atoms with Crippen LogP contribution >= 0.6 is 0 Å². The highest BCUT2D eigenvalue weighted by Crippen LogP contribution is 2.30. The third kappa shape index (κ3) is 3.38. The summed E-state index contributed by atoms with van der Waals surface area (Å²) in [6, 6.07) is 20.4. The Labute approximate surface area is 171 Å². The monoisotopic (exact) mass is 388 g/mol. The molecule has 2 aromatic carbocycles. The van der Waals surface area contributed by atoms with Gasteiger partial charge >= 0.3 is 0 Å². The predicted molar refractivity (Wildman–Crippen MR) is 120 cm³/mol. The van der Waals surface area contributed by atoms with Crippen LogP contribution in [-0.2, 0) is 12.1 Å². The maximum atomic E-state index is 13.7. The molecule has 0 bridgehead atoms. The van der Waals surface area contributed by atoms with E-state index in [1.54, 1.807) is 0 Å². The van der Waals surface area contributed by atoms with Gasteiger partial charge in [0.1, 0.15) is 0 Å². The smallest absolute Gasteiger partial charge is 0.261 e. The molecule has 0 amide bonds. The Morgan fingerprint density at radius 3 is 2.34 bits per heavy atom. The summed E-state index contributed by atoms with van der Waals surface area (Å²) < 4.78 is 4.11. The number of nitrogens with zero attached hydrogens (tertiary/aromatic N) is 2. The number of para-hydroxylation sites is 1. The van der Waals surface area contributed by atoms with Gasteiger partial charge in [-0.3, -0.25) is 4.79 Å². The van der Waals surface area contributed by atoms with Gasteiger partial charge in [0, 0.05) is 30.3 Å². The summed E-state index contributed by atoms with van der Waals surface area (Å²) in [4.78, 5) is 13.7. The van der Waals surface area contributed by atoms with Crippen molar-refractivity contribution in [2.75, 3.05) is 6.61 Å². The summed E-state index contributed by atoms with van der Waals surface area (Å²) in [6.07, 6.45) is 4.70. The topological polar surface area (TPSA) is 47.2 Å². The molecule has 0 fully saturated rings. The molecule has 0 saturated heterocycles. The van der Waals surface area contributed by atoms with Gasteiger partial charge in [0.25, 0.3) is 5.56 Å². The molecule has 0 aliphatic heterocycles. The molecule has 0 aliphatic rings. The van der Waals surface area contributed by atoms with Crippen LogP contribution in [0.3, 0.4) is 0 Å². The zero-order chi connectivity index (χ0) is 20.4. The first-order valence-corrected chi connectivity index (χ1v) is 10.3. The lowest BCUT2D eigenvalue weighted by Gasteiger charge is -2.28. The Balaban J connectivity index is 1.89. The van der Waals surface area contributed by atoms with Crippen molar-refractivity contribution in [3.8, 4) is 0 Å². The first-order valence-electron chi connectivity index (χ1n) is 10.3. The lowest BCUT2D eigenvalue weighted by Crippen LogP contribution is -2.36. The van der Waals surface area contributed by atoms with E-state index in [9.17, 15) is 4.79 Å². The summed E-state index contributed by atoms with van der Waals surface area (Å²) >= 11 is 0. The number of unbranched alkanes of at least 4 members (excludes halogenated alkanes) is 2. The zero-order valence-electron chi connectivity index (χ0n) is 17.1. The van der Waals surface area contributed by atoms with Crippen molar-refractivity contribution in [1.82, 2.24) is 9.13 Å². The molecule has 0 spiro atoms. The second-order valence-corrected chi connectivity index (χ2v) is 8.13. The van der Waals surface area contributed by atoms with Crippen molar-refractivity contribution in [3.63, 3.8) is 0 Å². The fourth-order valence-corrected chi connectivity index (χ4v) is 4.28. The van der Waals surface area contributed by atoms with Gasteiger partial charge in [0.2, 0.25) is 0 Å². The minimum Gasteiger partial charge on any atom is -0.396 e. The number of aliphatic hydroxyl groups is 1. The van der Waals surface area contributed by atoms with Gasteiger partial charge in [-0.2, -0.15) is 0 Å². The van der Waals surface area contributed by atoms with Crippen LogP contribution < -0.4 is 5.56 Å². The first-order chi connectivity index (χ1) is 14.1. The largest absolute Gasteiger partial charge is 0.396 e. The second-order valence-electron chi connectivity index (χ2n) is 8.13. The minimum atomic E-state index is -0.448. The number of benzene rings is 2. The third-order valence-corrected chi connectivity index (χ3v) is 5.95. The number of aliphatic hydroxyl groups excluding tert-OH is 1. The van der Waals surface area contributed by atoms with Crippen molar-refractivity contribution >= 4 is 21.8 Å². The number of hydrogen-bond acceptors (Lipinski definition) is 2. The van der Waals surface area contributed by atoms with E-state index in [1.165, 1.54) is 0 Å². The van der Waals surface area contributed by atoms with Gasteiger partial charge in [0.05, 0.1) is 16.4 Å². The summed E-state index contributed by atoms with van der Waals surface area (Å²) in [5.74, 6) is 0. The van der Waals surface area contributed by atoms with E-state index in [2.05, 4.69) is 42.7 Å². The molecule has 150 valence electrons. The van der Waals surface area contributed by atoms with Gasteiger partial charge in [0.15, 0.2) is 0 Å². The van der Waals surface area contributed by atoms with Crippen LogP contribution in [0, 0.1) is 0 Å². The van der Waals surface area contributed by atoms with E-state index >= 15 is 0 Å². The molecule has 29 heavy (non-hydrogen) atoms. The third-order valence-electron chi connectivity index (χ3n) is 5.95. The van der Waals surface area contributed by atoms with Gasteiger partial charge in [-0.05, 0) is 50.8 Å². The quantitative estimate of drug-likeness (QED) is 0.458. The number of fused-ring (bicyclic) bond motifs is 3. The minimum absolute atomic E-state index is 0.0432. The van der Waals surface area contributed by atoms with Crippen LogP contribution in [0.4, 0.5) is 0 Å². The van der Waals surface area contributed by atoms with E-state index in [-0.39, 0.29) is 12.2 Å². The Morgan fingerprint density at radius 1 is 0.862 bits per heavy atom. The van der Waals surface area contributed by atoms with E-state index in [1.807, 2.05) is 47.2 Å². The van der Waals surface area contributed by atoms with Gasteiger partial charge in [-0.15, -0.1) is 0 Å². The number of rotatable bonds is 7. The SMILES string of the molecule is CC(C)(c1ccccc1)n1ccc2c(c1=O)c1ccccc1n2CCCCCO. The highest BCUT2D eigenvalue weighted by Gasteiger charge is 2.25. The molecule has 2 heterocycles. The Hall–Kier alpha value is -2.85. The molecule has 0 radical (unpaired) electrons. The molecule has 4 rings (SSSR count). The van der Waals surface area contributed by atoms with Crippen molar-refractivity contribution in [2.45, 2.75) is 45.2 Å². The fraction of sp³-hybridized carbons (Fsp3) is 0.320. The van der Waals surface area contributed by atoms with Crippen molar-refractivity contribution in [1.29, 1.82) is 0 Å². The Bertz CT molecular complexity index is 1190. The molecule has 4 heteroatoms. The van der Waals surface area contributed by atoms with Gasteiger partial charge in [-0.25, -0.2) is 0 Å². The van der Waals surface area contributed by atoms with E-state index in [0.717, 1.165) is 53.2 Å². The lowest BCUT2D eigenvalue weighted by molar-refractivity contribution is 0.282. The van der Waals surface area contributed by atoms with Crippen LogP contribution in [-0.4, -0.2) is 20.8 Å². The zero-order valence-corrected chi connectivity index (χ0v) is 17.1. The molecule has 0 unspecified atom stereocenters. The normalized spacial score (nSPS) is 12.1. The average Bonchev–Trinajstić information content (AvgIpc) is 3.06. The average molecular weight is 389 g/mol. The van der Waals surface area contributed by atoms with Gasteiger partial charge in [-0.1, -0.05) is 48.5 Å². The van der Waals surface area contributed by atoms with E-state index in [0.29, 0.717) is 0 Å². The number of aromatic nitrogens is 2. The van der Waals surface area contributed by atoms with Crippen LogP contribution in [0.1, 0.15) is 38.7 Å². The summed E-state index contributed by atoms with van der Waals surface area (Å²) in [6.45, 7) is 5.25. The molecule has 1 N–H and O–H groups in total. The maximum absolute atomic E-state index is 13.7. The van der Waals surface area contributed by atoms with E-state index < -0.39 is 5.54 Å². The second kappa shape index (κ2) is 7.88. The van der Waals surface area contributed by atoms with Crippen LogP contribution in [0.25, 0.3) is 21.8 Å². The fourth-order valence-electron chi connectivity index (χ4n) is 4.28. The van der Waals surface area contributed by atoms with Gasteiger partial charge < -0.3 is 14.2 Å². The van der Waals surface area contributed by atoms with Crippen molar-refractivity contribution in [3.05, 3.63) is 82.8 Å². The van der Waals surface area contributed by atoms with Crippen molar-refractivity contribution < 1.29 is 5.11 Å². The summed E-state index contributed by atoms with van der Waals surface area (Å²) in [7, 11) is 0. The molecule has 0 aliphatic carbocycles. The molecular formula is C25H28N2O2. The number of hydrogen-bond donors (Lipinski definition) is 1. The highest BCUT2D eigenvalue weighted by molar-refractivity contribution is 6.07. The summed E-state index contributed by atoms with van der Waals surface area (Å²) in [5, 5.41) is 10.8. The predicted octanol–water partition coefficient (Wildman–Crippen LogP) is 4.90. The Kier molecular flexibility index (Phi) is 5.29. The molecule has 0 saturated carbocycles. The van der Waals surface area contributed by atoms with Crippen LogP contribution in [0.15, 0.2) is 71.7 Å². The van der Waals surface area contributed by atoms with Crippen LogP contribution in [0.5, 0.6) is 0 Å². The molecule has 4 aromatic rings. The highest BCUT2D eigenvalue weighted by atomic mass is 16.2. The first kappa shape index (κ1) is 19.5. The maximum Gasteiger partial charge on any atom is 0.261 e. The molecular weight excluding hydrogens is 360 g/mol. The number of aryl methyl sites for hydroxylation is 1. The molecule has 0 atom stereocenters. The van der Waals surface area contributed by atoms with E-state index in [4.69, 9.17) is 5.11 Å². The molecule has 4 nitrogen and oxygen atoms in total.